The molecule has 160 valence electrons. The normalized spacial score (nSPS) is 13.8. The van der Waals surface area contributed by atoms with E-state index in [1.807, 2.05) is 0 Å². The van der Waals surface area contributed by atoms with E-state index in [1.165, 1.54) is 20.4 Å². The molecule has 2 atom stereocenters. The van der Waals surface area contributed by atoms with Gasteiger partial charge in [-0.05, 0) is 0 Å². The highest BCUT2D eigenvalue weighted by Gasteiger charge is 2.06. The van der Waals surface area contributed by atoms with E-state index in [1.54, 1.807) is 0 Å². The molecule has 0 aliphatic rings. The SMILES string of the molecule is C.C.COP(C)(=O)O.CP(=O)(O)OCO.CP(C)(=O)O.O=C(O)CO. The van der Waals surface area contributed by atoms with Crippen molar-refractivity contribution in [2.75, 3.05) is 47.2 Å². The molecule has 0 spiro atoms. The molecule has 0 aliphatic carbocycles. The van der Waals surface area contributed by atoms with Gasteiger partial charge < -0.3 is 34.5 Å². The van der Waals surface area contributed by atoms with E-state index in [0.29, 0.717) is 0 Å². The number of carbonyl (C=O) groups is 1. The molecule has 6 N–H and O–H groups in total. The van der Waals surface area contributed by atoms with Crippen LogP contribution in [0.25, 0.3) is 0 Å². The predicted molar refractivity (Wildman–Crippen MR) is 96.5 cm³/mol. The van der Waals surface area contributed by atoms with Gasteiger partial charge in [0.2, 0.25) is 0 Å². The zero-order valence-corrected chi connectivity index (χ0v) is 16.1. The first kappa shape index (κ1) is 39.8. The predicted octanol–water partition coefficient (Wildman–Crippen LogP) is 1.07. The van der Waals surface area contributed by atoms with Gasteiger partial charge >= 0.3 is 21.2 Å². The minimum atomic E-state index is -3.42. The molecule has 0 bridgehead atoms. The highest BCUT2D eigenvalue weighted by atomic mass is 31.2. The number of aliphatic hydroxyl groups excluding tert-OH is 2. The molecular formula is C10H33O12P3. The van der Waals surface area contributed by atoms with E-state index in [4.69, 9.17) is 34.8 Å². The monoisotopic (exact) mass is 438 g/mol. The second-order valence-corrected chi connectivity index (χ2v) is 10.3. The lowest BCUT2D eigenvalue weighted by atomic mass is 10.8. The maximum atomic E-state index is 9.99. The van der Waals surface area contributed by atoms with Crippen LogP contribution in [0.4, 0.5) is 0 Å². The van der Waals surface area contributed by atoms with Gasteiger partial charge in [-0.1, -0.05) is 14.9 Å². The third kappa shape index (κ3) is 145. The highest BCUT2D eigenvalue weighted by molar-refractivity contribution is 7.56. The highest BCUT2D eigenvalue weighted by Crippen LogP contribution is 2.35. The minimum absolute atomic E-state index is 0. The summed E-state index contributed by atoms with van der Waals surface area (Å²) in [6, 6.07) is 0. The van der Waals surface area contributed by atoms with Gasteiger partial charge in [0.25, 0.3) is 0 Å². The van der Waals surface area contributed by atoms with Crippen LogP contribution in [0.2, 0.25) is 0 Å². The number of carboxylic acids is 1. The van der Waals surface area contributed by atoms with E-state index >= 15 is 0 Å². The van der Waals surface area contributed by atoms with E-state index < -0.39 is 41.9 Å². The van der Waals surface area contributed by atoms with Crippen molar-refractivity contribution in [1.82, 2.24) is 0 Å². The van der Waals surface area contributed by atoms with Crippen LogP contribution < -0.4 is 0 Å². The van der Waals surface area contributed by atoms with Gasteiger partial charge in [-0.2, -0.15) is 0 Å². The Labute approximate surface area is 149 Å². The summed E-state index contributed by atoms with van der Waals surface area (Å²) in [6.45, 7) is 3.25. The molecule has 0 aromatic rings. The molecule has 0 aromatic carbocycles. The molecule has 0 heterocycles. The Morgan fingerprint density at radius 3 is 1.08 bits per heavy atom. The van der Waals surface area contributed by atoms with Crippen LogP contribution in [-0.2, 0) is 27.5 Å². The lowest BCUT2D eigenvalue weighted by Crippen LogP contribution is -1.98. The van der Waals surface area contributed by atoms with E-state index in [2.05, 4.69) is 9.05 Å². The van der Waals surface area contributed by atoms with E-state index in [9.17, 15) is 13.7 Å². The van der Waals surface area contributed by atoms with Crippen molar-refractivity contribution < 1.29 is 57.5 Å². The summed E-state index contributed by atoms with van der Waals surface area (Å²) >= 11 is 0. The third-order valence-electron chi connectivity index (χ3n) is 0.771. The zero-order valence-electron chi connectivity index (χ0n) is 13.4. The summed E-state index contributed by atoms with van der Waals surface area (Å²) in [5.41, 5.74) is 0. The van der Waals surface area contributed by atoms with Crippen molar-refractivity contribution in [3.8, 4) is 0 Å². The lowest BCUT2D eigenvalue weighted by molar-refractivity contribution is -0.140. The van der Waals surface area contributed by atoms with Crippen LogP contribution in [0.5, 0.6) is 0 Å². The van der Waals surface area contributed by atoms with Gasteiger partial charge in [0.15, 0.2) is 14.2 Å². The Morgan fingerprint density at radius 1 is 0.880 bits per heavy atom. The fourth-order valence-electron chi connectivity index (χ4n) is 0.107. The Bertz CT molecular complexity index is 413. The molecule has 0 saturated carbocycles. The summed E-state index contributed by atoms with van der Waals surface area (Å²) < 4.78 is 37.6. The van der Waals surface area contributed by atoms with Crippen molar-refractivity contribution in [3.63, 3.8) is 0 Å². The van der Waals surface area contributed by atoms with Gasteiger partial charge in [0, 0.05) is 33.8 Å². The second kappa shape index (κ2) is 20.2. The van der Waals surface area contributed by atoms with Crippen LogP contribution in [0.15, 0.2) is 0 Å². The molecule has 0 fully saturated rings. The number of hydrogen-bond donors (Lipinski definition) is 6. The summed E-state index contributed by atoms with van der Waals surface area (Å²) in [7, 11) is -8.01. The zero-order chi connectivity index (χ0) is 19.9. The average Bonchev–Trinajstić information content (AvgIpc) is 2.25. The summed E-state index contributed by atoms with van der Waals surface area (Å²) in [6.07, 6.45) is 0. The molecular weight excluding hydrogens is 405 g/mol. The Hall–Kier alpha value is -0.120. The van der Waals surface area contributed by atoms with Crippen LogP contribution in [-0.4, -0.2) is 83.1 Å². The second-order valence-electron chi connectivity index (χ2n) is 3.89. The first-order valence-corrected chi connectivity index (χ1v) is 12.0. The van der Waals surface area contributed by atoms with Gasteiger partial charge in [-0.25, -0.2) is 4.79 Å². The smallest absolute Gasteiger partial charge is 0.329 e. The number of hydrogen-bond acceptors (Lipinski definition) is 8. The fraction of sp³-hybridized carbons (Fsp3) is 0.900. The van der Waals surface area contributed by atoms with Gasteiger partial charge in [0.1, 0.15) is 6.61 Å². The summed E-state index contributed by atoms with van der Waals surface area (Å²) in [5, 5.41) is 22.9. The quantitative estimate of drug-likeness (QED) is 0.269. The number of carboxylic acid groups (broad SMARTS) is 1. The van der Waals surface area contributed by atoms with E-state index in [-0.39, 0.29) is 14.9 Å². The van der Waals surface area contributed by atoms with Crippen molar-refractivity contribution in [2.24, 2.45) is 0 Å². The van der Waals surface area contributed by atoms with Crippen molar-refractivity contribution >= 4 is 28.5 Å². The first-order valence-electron chi connectivity index (χ1n) is 5.41. The molecule has 0 aromatic heterocycles. The third-order valence-corrected chi connectivity index (χ3v) is 2.04. The maximum Gasteiger partial charge on any atom is 0.329 e. The number of aliphatic carboxylic acids is 1. The number of aliphatic hydroxyl groups is 2. The Morgan fingerprint density at radius 2 is 1.08 bits per heavy atom. The summed E-state index contributed by atoms with van der Waals surface area (Å²) in [4.78, 5) is 33.5. The van der Waals surface area contributed by atoms with Gasteiger partial charge in [0.05, 0.1) is 0 Å². The van der Waals surface area contributed by atoms with Crippen LogP contribution in [0.1, 0.15) is 14.9 Å². The van der Waals surface area contributed by atoms with Crippen LogP contribution in [0.3, 0.4) is 0 Å². The van der Waals surface area contributed by atoms with Crippen molar-refractivity contribution in [3.05, 3.63) is 0 Å². The molecule has 25 heavy (non-hydrogen) atoms. The molecule has 0 aliphatic heterocycles. The average molecular weight is 438 g/mol. The Balaban J connectivity index is -0.0000000473. The molecule has 0 saturated heterocycles. The molecule has 0 rings (SSSR count). The molecule has 12 nitrogen and oxygen atoms in total. The summed E-state index contributed by atoms with van der Waals surface area (Å²) in [5.74, 6) is -1.19. The van der Waals surface area contributed by atoms with Crippen molar-refractivity contribution in [1.29, 1.82) is 0 Å². The molecule has 0 amide bonds. The molecule has 2 unspecified atom stereocenters. The standard InChI is InChI=1S/C2H7O4P.C2H7O3P.C2H4O3.C2H7O2P.2CH4/c1-7(4,5)6-2-3;1-5-6(2,3)4;3-1-2(4)5;1-5(2,3)4;;/h3H,2H2,1H3,(H,4,5);1-2H3,(H,3,4);3H,1H2,(H,4,5);1-2H3,(H,3,4);2*1H4. The van der Waals surface area contributed by atoms with E-state index in [0.717, 1.165) is 13.3 Å². The largest absolute Gasteiger partial charge is 0.480 e. The number of rotatable bonds is 4. The maximum absolute atomic E-state index is 9.99. The minimum Gasteiger partial charge on any atom is -0.480 e. The molecule has 0 radical (unpaired) electrons. The topological polar surface area (TPSA) is 208 Å². The Kier molecular flexibility index (Phi) is 32.2. The van der Waals surface area contributed by atoms with Gasteiger partial charge in [-0.3, -0.25) is 18.2 Å². The fourth-order valence-corrected chi connectivity index (χ4v) is 0.321. The first-order chi connectivity index (χ1) is 9.89. The molecule has 15 heteroatoms. The lowest BCUT2D eigenvalue weighted by Gasteiger charge is -1.99. The van der Waals surface area contributed by atoms with Crippen molar-refractivity contribution in [2.45, 2.75) is 14.9 Å². The van der Waals surface area contributed by atoms with Crippen LogP contribution in [0, 0.1) is 0 Å². The van der Waals surface area contributed by atoms with Gasteiger partial charge in [-0.15, -0.1) is 0 Å². The van der Waals surface area contributed by atoms with Crippen LogP contribution >= 0.6 is 22.6 Å².